The third kappa shape index (κ3) is 4.01. The van der Waals surface area contributed by atoms with E-state index in [-0.39, 0.29) is 17.4 Å². The number of rotatable bonds is 4. The second-order valence-electron chi connectivity index (χ2n) is 7.37. The van der Waals surface area contributed by atoms with Gasteiger partial charge >= 0.3 is 0 Å². The lowest BCUT2D eigenvalue weighted by Gasteiger charge is -2.49. The molecule has 2 heterocycles. The predicted molar refractivity (Wildman–Crippen MR) is 100 cm³/mol. The van der Waals surface area contributed by atoms with Crippen molar-refractivity contribution < 1.29 is 14.3 Å². The van der Waals surface area contributed by atoms with Gasteiger partial charge in [-0.3, -0.25) is 14.5 Å². The molecule has 26 heavy (non-hydrogen) atoms. The maximum Gasteiger partial charge on any atom is 0.223 e. The van der Waals surface area contributed by atoms with Crippen LogP contribution in [0.25, 0.3) is 0 Å². The van der Waals surface area contributed by atoms with Gasteiger partial charge in [-0.1, -0.05) is 18.2 Å². The standard InChI is InChI=1S/C20H29N3O3/c1-22-13-14-23(15-20(22)10-9-18(24)21-12-11-20)19(25)8-7-16-5-3-4-6-17(16)26-2/h3-6H,7-15H2,1-2H3,(H,21,24). The number of hydrogen-bond donors (Lipinski definition) is 1. The highest BCUT2D eigenvalue weighted by Crippen LogP contribution is 2.31. The first-order chi connectivity index (χ1) is 12.5. The number of piperazine rings is 1. The minimum atomic E-state index is -0.0858. The molecule has 1 spiro atoms. The molecular weight excluding hydrogens is 330 g/mol. The number of carbonyl (C=O) groups excluding carboxylic acids is 2. The number of nitrogens with one attached hydrogen (secondary N) is 1. The summed E-state index contributed by atoms with van der Waals surface area (Å²) < 4.78 is 5.38. The van der Waals surface area contributed by atoms with Crippen molar-refractivity contribution in [1.82, 2.24) is 15.1 Å². The van der Waals surface area contributed by atoms with E-state index >= 15 is 0 Å². The van der Waals surface area contributed by atoms with Crippen molar-refractivity contribution in [2.24, 2.45) is 0 Å². The molecule has 1 N–H and O–H groups in total. The SMILES string of the molecule is COc1ccccc1CCC(=O)N1CCN(C)C2(CCNC(=O)CC2)C1. The lowest BCUT2D eigenvalue weighted by molar-refractivity contribution is -0.136. The van der Waals surface area contributed by atoms with Gasteiger partial charge in [0, 0.05) is 44.6 Å². The minimum absolute atomic E-state index is 0.0858. The maximum absolute atomic E-state index is 12.8. The van der Waals surface area contributed by atoms with E-state index in [1.165, 1.54) is 0 Å². The Kier molecular flexibility index (Phi) is 5.81. The molecule has 1 atom stereocenters. The molecule has 0 radical (unpaired) electrons. The van der Waals surface area contributed by atoms with Gasteiger partial charge in [0.2, 0.25) is 11.8 Å². The Morgan fingerprint density at radius 1 is 1.27 bits per heavy atom. The van der Waals surface area contributed by atoms with Crippen LogP contribution >= 0.6 is 0 Å². The van der Waals surface area contributed by atoms with Gasteiger partial charge in [0.15, 0.2) is 0 Å². The van der Waals surface area contributed by atoms with Crippen molar-refractivity contribution in [3.05, 3.63) is 29.8 Å². The van der Waals surface area contributed by atoms with Gasteiger partial charge in [-0.25, -0.2) is 0 Å². The molecule has 1 aromatic rings. The zero-order valence-electron chi connectivity index (χ0n) is 15.8. The summed E-state index contributed by atoms with van der Waals surface area (Å²) in [6.45, 7) is 3.01. The van der Waals surface area contributed by atoms with Crippen LogP contribution in [0.3, 0.4) is 0 Å². The number of ether oxygens (including phenoxy) is 1. The zero-order chi connectivity index (χ0) is 18.6. The quantitative estimate of drug-likeness (QED) is 0.884. The van der Waals surface area contributed by atoms with E-state index in [4.69, 9.17) is 4.74 Å². The van der Waals surface area contributed by atoms with Gasteiger partial charge in [-0.15, -0.1) is 0 Å². The smallest absolute Gasteiger partial charge is 0.223 e. The summed E-state index contributed by atoms with van der Waals surface area (Å²) in [5.41, 5.74) is 0.980. The lowest BCUT2D eigenvalue weighted by Crippen LogP contribution is -2.62. The summed E-state index contributed by atoms with van der Waals surface area (Å²) >= 11 is 0. The summed E-state index contributed by atoms with van der Waals surface area (Å²) in [5, 5.41) is 2.96. The largest absolute Gasteiger partial charge is 0.496 e. The highest BCUT2D eigenvalue weighted by molar-refractivity contribution is 5.77. The zero-order valence-corrected chi connectivity index (χ0v) is 15.8. The molecule has 0 bridgehead atoms. The van der Waals surface area contributed by atoms with Crippen LogP contribution in [-0.2, 0) is 16.0 Å². The highest BCUT2D eigenvalue weighted by Gasteiger charge is 2.41. The molecule has 2 saturated heterocycles. The summed E-state index contributed by atoms with van der Waals surface area (Å²) in [5.74, 6) is 1.14. The predicted octanol–water partition coefficient (Wildman–Crippen LogP) is 1.44. The van der Waals surface area contributed by atoms with Crippen LogP contribution in [0.5, 0.6) is 5.75 Å². The number of amides is 2. The molecule has 6 heteroatoms. The average molecular weight is 359 g/mol. The van der Waals surface area contributed by atoms with E-state index in [1.807, 2.05) is 29.2 Å². The summed E-state index contributed by atoms with van der Waals surface area (Å²) in [4.78, 5) is 28.9. The number of hydrogen-bond acceptors (Lipinski definition) is 4. The Morgan fingerprint density at radius 3 is 2.88 bits per heavy atom. The minimum Gasteiger partial charge on any atom is -0.496 e. The Hall–Kier alpha value is -2.08. The van der Waals surface area contributed by atoms with Crippen LogP contribution in [-0.4, -0.2) is 67.5 Å². The van der Waals surface area contributed by atoms with Crippen LogP contribution in [0.2, 0.25) is 0 Å². The fourth-order valence-electron chi connectivity index (χ4n) is 4.12. The number of nitrogens with zero attached hydrogens (tertiary/aromatic N) is 2. The molecule has 2 amide bonds. The molecule has 0 saturated carbocycles. The van der Waals surface area contributed by atoms with Crippen LogP contribution in [0, 0.1) is 0 Å². The molecule has 3 rings (SSSR count). The monoisotopic (exact) mass is 359 g/mol. The first-order valence-corrected chi connectivity index (χ1v) is 9.42. The van der Waals surface area contributed by atoms with Gasteiger partial charge in [-0.2, -0.15) is 0 Å². The van der Waals surface area contributed by atoms with E-state index < -0.39 is 0 Å². The molecule has 0 aromatic heterocycles. The second-order valence-corrected chi connectivity index (χ2v) is 7.37. The Morgan fingerprint density at radius 2 is 2.08 bits per heavy atom. The van der Waals surface area contributed by atoms with E-state index in [2.05, 4.69) is 17.3 Å². The van der Waals surface area contributed by atoms with Gasteiger partial charge < -0.3 is 15.0 Å². The molecule has 1 aromatic carbocycles. The van der Waals surface area contributed by atoms with Crippen molar-refractivity contribution in [2.75, 3.05) is 40.3 Å². The van der Waals surface area contributed by atoms with E-state index in [0.717, 1.165) is 37.2 Å². The normalized spacial score (nSPS) is 24.2. The van der Waals surface area contributed by atoms with Gasteiger partial charge in [0.05, 0.1) is 7.11 Å². The summed E-state index contributed by atoms with van der Waals surface area (Å²) in [6.07, 6.45) is 3.41. The molecule has 2 fully saturated rings. The number of likely N-dealkylation sites (N-methyl/N-ethyl adjacent to an activating group) is 1. The Balaban J connectivity index is 1.63. The molecule has 2 aliphatic heterocycles. The van der Waals surface area contributed by atoms with Crippen LogP contribution < -0.4 is 10.1 Å². The van der Waals surface area contributed by atoms with E-state index in [9.17, 15) is 9.59 Å². The Labute approximate surface area is 155 Å². The van der Waals surface area contributed by atoms with Gasteiger partial charge in [0.25, 0.3) is 0 Å². The fraction of sp³-hybridized carbons (Fsp3) is 0.600. The van der Waals surface area contributed by atoms with Crippen molar-refractivity contribution in [3.63, 3.8) is 0 Å². The fourth-order valence-corrected chi connectivity index (χ4v) is 4.12. The van der Waals surface area contributed by atoms with Gasteiger partial charge in [-0.05, 0) is 37.9 Å². The second kappa shape index (κ2) is 8.08. The molecular formula is C20H29N3O3. The van der Waals surface area contributed by atoms with Crippen molar-refractivity contribution in [3.8, 4) is 5.75 Å². The maximum atomic E-state index is 12.8. The Bertz CT molecular complexity index is 663. The van der Waals surface area contributed by atoms with Gasteiger partial charge in [0.1, 0.15) is 5.75 Å². The van der Waals surface area contributed by atoms with Crippen LogP contribution in [0.4, 0.5) is 0 Å². The summed E-state index contributed by atoms with van der Waals surface area (Å²) in [7, 11) is 3.78. The van der Waals surface area contributed by atoms with Crippen LogP contribution in [0.15, 0.2) is 24.3 Å². The number of para-hydroxylation sites is 1. The van der Waals surface area contributed by atoms with Crippen molar-refractivity contribution in [1.29, 1.82) is 0 Å². The van der Waals surface area contributed by atoms with Crippen molar-refractivity contribution in [2.45, 2.75) is 37.6 Å². The number of carbonyl (C=O) groups is 2. The first-order valence-electron chi connectivity index (χ1n) is 9.42. The number of methoxy groups -OCH3 is 1. The lowest BCUT2D eigenvalue weighted by atomic mass is 9.86. The third-order valence-electron chi connectivity index (χ3n) is 5.88. The first kappa shape index (κ1) is 18.7. The van der Waals surface area contributed by atoms with Crippen molar-refractivity contribution >= 4 is 11.8 Å². The molecule has 142 valence electrons. The molecule has 2 aliphatic rings. The van der Waals surface area contributed by atoms with E-state index in [0.29, 0.717) is 32.4 Å². The average Bonchev–Trinajstić information content (AvgIpc) is 2.84. The highest BCUT2D eigenvalue weighted by atomic mass is 16.5. The molecule has 0 aliphatic carbocycles. The summed E-state index contributed by atoms with van der Waals surface area (Å²) in [6, 6.07) is 7.86. The van der Waals surface area contributed by atoms with Crippen LogP contribution in [0.1, 0.15) is 31.2 Å². The molecule has 6 nitrogen and oxygen atoms in total. The number of benzene rings is 1. The third-order valence-corrected chi connectivity index (χ3v) is 5.88. The topological polar surface area (TPSA) is 61.9 Å². The number of aryl methyl sites for hydroxylation is 1. The molecule has 1 unspecified atom stereocenters. The van der Waals surface area contributed by atoms with E-state index in [1.54, 1.807) is 7.11 Å².